The van der Waals surface area contributed by atoms with Gasteiger partial charge in [-0.05, 0) is 23.3 Å². The molecule has 0 unspecified atom stereocenters. The highest BCUT2D eigenvalue weighted by Crippen LogP contribution is 2.31. The fourth-order valence-electron chi connectivity index (χ4n) is 2.24. The molecule has 0 radical (unpaired) electrons. The highest BCUT2D eigenvalue weighted by molar-refractivity contribution is 5.81. The Labute approximate surface area is 118 Å². The van der Waals surface area contributed by atoms with Gasteiger partial charge in [0.05, 0.1) is 19.0 Å². The second kappa shape index (κ2) is 5.57. The van der Waals surface area contributed by atoms with Crippen LogP contribution < -0.4 is 4.74 Å². The maximum atomic E-state index is 5.16. The zero-order valence-electron chi connectivity index (χ0n) is 11.3. The third-order valence-electron chi connectivity index (χ3n) is 3.26. The van der Waals surface area contributed by atoms with Gasteiger partial charge in [0, 0.05) is 5.56 Å². The second-order valence-electron chi connectivity index (χ2n) is 4.49. The Hall–Kier alpha value is -2.61. The number of ether oxygens (including phenoxy) is 1. The molecule has 0 amide bonds. The molecule has 3 rings (SSSR count). The number of benzene rings is 2. The third-order valence-corrected chi connectivity index (χ3v) is 3.26. The first kappa shape index (κ1) is 12.4. The molecule has 0 fully saturated rings. The van der Waals surface area contributed by atoms with Crippen LogP contribution in [0.1, 0.15) is 0 Å². The molecule has 0 aliphatic heterocycles. The predicted molar refractivity (Wildman–Crippen MR) is 81.7 cm³/mol. The number of pyridine rings is 1. The fourth-order valence-corrected chi connectivity index (χ4v) is 2.24. The topological polar surface area (TPSA) is 22.1 Å². The lowest BCUT2D eigenvalue weighted by atomic mass is 9.97. The number of rotatable bonds is 3. The van der Waals surface area contributed by atoms with Crippen LogP contribution in [0.15, 0.2) is 72.9 Å². The molecule has 98 valence electrons. The minimum absolute atomic E-state index is 0.769. The molecule has 2 heteroatoms. The molecule has 2 nitrogen and oxygen atoms in total. The highest BCUT2D eigenvalue weighted by Gasteiger charge is 2.07. The summed E-state index contributed by atoms with van der Waals surface area (Å²) < 4.78 is 5.16. The number of aromatic nitrogens is 1. The third kappa shape index (κ3) is 2.41. The van der Waals surface area contributed by atoms with Crippen molar-refractivity contribution >= 4 is 0 Å². The van der Waals surface area contributed by atoms with Crippen molar-refractivity contribution in [3.63, 3.8) is 0 Å². The van der Waals surface area contributed by atoms with Crippen LogP contribution in [0.3, 0.4) is 0 Å². The van der Waals surface area contributed by atoms with Crippen molar-refractivity contribution in [2.45, 2.75) is 0 Å². The summed E-state index contributed by atoms with van der Waals surface area (Å²) in [7, 11) is 1.65. The number of hydrogen-bond acceptors (Lipinski definition) is 2. The van der Waals surface area contributed by atoms with E-state index >= 15 is 0 Å². The predicted octanol–water partition coefficient (Wildman–Crippen LogP) is 4.42. The summed E-state index contributed by atoms with van der Waals surface area (Å²) in [4.78, 5) is 4.48. The molecule has 3 aromatic rings. The lowest BCUT2D eigenvalue weighted by molar-refractivity contribution is 0.413. The number of hydrogen-bond donors (Lipinski definition) is 0. The van der Waals surface area contributed by atoms with Crippen LogP contribution in [0.5, 0.6) is 5.75 Å². The smallest absolute Gasteiger partial charge is 0.137 e. The molecule has 20 heavy (non-hydrogen) atoms. The van der Waals surface area contributed by atoms with Crippen molar-refractivity contribution < 1.29 is 4.74 Å². The van der Waals surface area contributed by atoms with E-state index < -0.39 is 0 Å². The van der Waals surface area contributed by atoms with Gasteiger partial charge in [0.25, 0.3) is 0 Å². The van der Waals surface area contributed by atoms with E-state index in [2.05, 4.69) is 35.3 Å². The van der Waals surface area contributed by atoms with E-state index in [0.717, 1.165) is 17.0 Å². The second-order valence-corrected chi connectivity index (χ2v) is 4.49. The normalized spacial score (nSPS) is 10.2. The number of methoxy groups -OCH3 is 1. The van der Waals surface area contributed by atoms with Crippen LogP contribution in [-0.4, -0.2) is 12.1 Å². The van der Waals surface area contributed by atoms with E-state index in [0.29, 0.717) is 0 Å². The highest BCUT2D eigenvalue weighted by atomic mass is 16.5. The lowest BCUT2D eigenvalue weighted by Crippen LogP contribution is -1.89. The zero-order valence-corrected chi connectivity index (χ0v) is 11.3. The molecule has 2 aromatic carbocycles. The summed E-state index contributed by atoms with van der Waals surface area (Å²) in [6, 6.07) is 22.6. The average molecular weight is 261 g/mol. The van der Waals surface area contributed by atoms with Gasteiger partial charge in [0.2, 0.25) is 0 Å². The van der Waals surface area contributed by atoms with Crippen molar-refractivity contribution in [3.05, 3.63) is 72.9 Å². The quantitative estimate of drug-likeness (QED) is 0.696. The first-order valence-electron chi connectivity index (χ1n) is 6.53. The summed E-state index contributed by atoms with van der Waals surface area (Å²) in [6.45, 7) is 0. The van der Waals surface area contributed by atoms with Crippen molar-refractivity contribution in [1.82, 2.24) is 4.98 Å². The molecule has 0 aliphatic rings. The van der Waals surface area contributed by atoms with Gasteiger partial charge < -0.3 is 4.74 Å². The first-order valence-corrected chi connectivity index (χ1v) is 6.53. The van der Waals surface area contributed by atoms with E-state index in [9.17, 15) is 0 Å². The van der Waals surface area contributed by atoms with Gasteiger partial charge in [-0.15, -0.1) is 0 Å². The van der Waals surface area contributed by atoms with E-state index in [1.165, 1.54) is 11.1 Å². The Kier molecular flexibility index (Phi) is 3.46. The molecular weight excluding hydrogens is 246 g/mol. The monoisotopic (exact) mass is 261 g/mol. The van der Waals surface area contributed by atoms with Gasteiger partial charge in [0.15, 0.2) is 0 Å². The summed E-state index contributed by atoms with van der Waals surface area (Å²) in [5, 5.41) is 0. The van der Waals surface area contributed by atoms with Gasteiger partial charge in [-0.25, -0.2) is 0 Å². The zero-order chi connectivity index (χ0) is 13.8. The summed E-state index contributed by atoms with van der Waals surface area (Å²) in [5.41, 5.74) is 4.46. The van der Waals surface area contributed by atoms with E-state index in [-0.39, 0.29) is 0 Å². The van der Waals surface area contributed by atoms with E-state index in [1.807, 2.05) is 36.4 Å². The van der Waals surface area contributed by atoms with Gasteiger partial charge >= 0.3 is 0 Å². The van der Waals surface area contributed by atoms with Crippen LogP contribution in [0.25, 0.3) is 22.4 Å². The van der Waals surface area contributed by atoms with Gasteiger partial charge in [-0.1, -0.05) is 54.6 Å². The van der Waals surface area contributed by atoms with Crippen molar-refractivity contribution in [3.8, 4) is 28.1 Å². The molecule has 0 atom stereocenters. The van der Waals surface area contributed by atoms with Gasteiger partial charge in [-0.2, -0.15) is 0 Å². The molecule has 0 saturated carbocycles. The van der Waals surface area contributed by atoms with Gasteiger partial charge in [0.1, 0.15) is 5.75 Å². The Morgan fingerprint density at radius 3 is 2.10 bits per heavy atom. The minimum Gasteiger partial charge on any atom is -0.495 e. The Morgan fingerprint density at radius 2 is 1.45 bits per heavy atom. The maximum absolute atomic E-state index is 5.16. The van der Waals surface area contributed by atoms with E-state index in [1.54, 1.807) is 13.3 Å². The summed E-state index contributed by atoms with van der Waals surface area (Å²) in [5.74, 6) is 0.769. The van der Waals surface area contributed by atoms with Crippen molar-refractivity contribution in [2.75, 3.05) is 7.11 Å². The summed E-state index contributed by atoms with van der Waals surface area (Å²) in [6.07, 6.45) is 1.75. The summed E-state index contributed by atoms with van der Waals surface area (Å²) >= 11 is 0. The van der Waals surface area contributed by atoms with E-state index in [4.69, 9.17) is 4.74 Å². The average Bonchev–Trinajstić information content (AvgIpc) is 2.56. The standard InChI is InChI=1S/C18H15NO/c1-20-15-11-12-18(19-13-15)17-10-6-5-9-16(17)14-7-3-2-4-8-14/h2-13H,1H3. The first-order chi connectivity index (χ1) is 9.88. The van der Waals surface area contributed by atoms with Crippen LogP contribution in [0.4, 0.5) is 0 Å². The van der Waals surface area contributed by atoms with Crippen LogP contribution in [0.2, 0.25) is 0 Å². The molecule has 1 aromatic heterocycles. The van der Waals surface area contributed by atoms with Crippen LogP contribution in [-0.2, 0) is 0 Å². The van der Waals surface area contributed by atoms with Crippen LogP contribution in [0, 0.1) is 0 Å². The molecule has 1 heterocycles. The lowest BCUT2D eigenvalue weighted by Gasteiger charge is -2.09. The Morgan fingerprint density at radius 1 is 0.750 bits per heavy atom. The molecule has 0 N–H and O–H groups in total. The molecular formula is C18H15NO. The van der Waals surface area contributed by atoms with Crippen LogP contribution >= 0.6 is 0 Å². The fraction of sp³-hybridized carbons (Fsp3) is 0.0556. The molecule has 0 saturated heterocycles. The molecule has 0 spiro atoms. The van der Waals surface area contributed by atoms with Crippen molar-refractivity contribution in [1.29, 1.82) is 0 Å². The van der Waals surface area contributed by atoms with Crippen molar-refractivity contribution in [2.24, 2.45) is 0 Å². The molecule has 0 aliphatic carbocycles. The largest absolute Gasteiger partial charge is 0.495 e. The Balaban J connectivity index is 2.10. The van der Waals surface area contributed by atoms with Gasteiger partial charge in [-0.3, -0.25) is 4.98 Å². The maximum Gasteiger partial charge on any atom is 0.137 e. The molecule has 0 bridgehead atoms. The Bertz CT molecular complexity index is 690. The minimum atomic E-state index is 0.769. The SMILES string of the molecule is COc1ccc(-c2ccccc2-c2ccccc2)nc1. The number of nitrogens with zero attached hydrogens (tertiary/aromatic N) is 1.